The Kier molecular flexibility index (Phi) is 3.73. The fourth-order valence-electron chi connectivity index (χ4n) is 1.39. The summed E-state index contributed by atoms with van der Waals surface area (Å²) >= 11 is 0.694. The van der Waals surface area contributed by atoms with Gasteiger partial charge in [0.2, 0.25) is 0 Å². The molecule has 1 aromatic carbocycles. The predicted octanol–water partition coefficient (Wildman–Crippen LogP) is 2.53. The van der Waals surface area contributed by atoms with Gasteiger partial charge in [0, 0.05) is 11.4 Å². The molecule has 0 spiro atoms. The molecule has 2 aromatic rings. The van der Waals surface area contributed by atoms with Crippen molar-refractivity contribution >= 4 is 33.0 Å². The number of carboxylic acids is 1. The molecule has 0 atom stereocenters. The van der Waals surface area contributed by atoms with Crippen LogP contribution >= 0.6 is 11.3 Å². The minimum Gasteiger partial charge on any atom is -0.478 e. The van der Waals surface area contributed by atoms with Crippen LogP contribution in [0.3, 0.4) is 0 Å². The highest BCUT2D eigenvalue weighted by molar-refractivity contribution is 7.94. The normalized spacial score (nSPS) is 11.3. The van der Waals surface area contributed by atoms with Crippen LogP contribution in [0.25, 0.3) is 0 Å². The van der Waals surface area contributed by atoms with Crippen LogP contribution in [0, 0.1) is 11.6 Å². The van der Waals surface area contributed by atoms with Gasteiger partial charge in [-0.3, -0.25) is 4.72 Å². The van der Waals surface area contributed by atoms with Crippen molar-refractivity contribution in [2.75, 3.05) is 4.72 Å². The van der Waals surface area contributed by atoms with Crippen LogP contribution in [0.2, 0.25) is 0 Å². The average Bonchev–Trinajstić information content (AvgIpc) is 2.76. The molecule has 0 radical (unpaired) electrons. The molecule has 2 rings (SSSR count). The fraction of sp³-hybridized carbons (Fsp3) is 0. The Morgan fingerprint density at radius 2 is 1.75 bits per heavy atom. The molecule has 1 aromatic heterocycles. The molecule has 2 N–H and O–H groups in total. The first-order valence-corrected chi connectivity index (χ1v) is 7.45. The first-order chi connectivity index (χ1) is 9.28. The largest absolute Gasteiger partial charge is 0.478 e. The van der Waals surface area contributed by atoms with Crippen LogP contribution in [0.4, 0.5) is 14.5 Å². The van der Waals surface area contributed by atoms with Gasteiger partial charge in [-0.2, -0.15) is 0 Å². The number of hydrogen-bond acceptors (Lipinski definition) is 4. The van der Waals surface area contributed by atoms with E-state index in [9.17, 15) is 22.0 Å². The zero-order valence-electron chi connectivity index (χ0n) is 9.63. The Morgan fingerprint density at radius 1 is 1.15 bits per heavy atom. The Balaban J connectivity index is 2.32. The summed E-state index contributed by atoms with van der Waals surface area (Å²) < 4.78 is 51.5. The van der Waals surface area contributed by atoms with Gasteiger partial charge < -0.3 is 5.11 Å². The molecule has 20 heavy (non-hydrogen) atoms. The maximum Gasteiger partial charge on any atom is 0.336 e. The third-order valence-electron chi connectivity index (χ3n) is 2.20. The van der Waals surface area contributed by atoms with E-state index in [1.165, 1.54) is 0 Å². The molecule has 0 aliphatic heterocycles. The van der Waals surface area contributed by atoms with Gasteiger partial charge in [0.15, 0.2) is 0 Å². The lowest BCUT2D eigenvalue weighted by molar-refractivity contribution is 0.0697. The topological polar surface area (TPSA) is 83.5 Å². The predicted molar refractivity (Wildman–Crippen MR) is 68.4 cm³/mol. The number of rotatable bonds is 4. The van der Waals surface area contributed by atoms with Crippen LogP contribution in [0.15, 0.2) is 33.9 Å². The third-order valence-corrected chi connectivity index (χ3v) is 5.02. The average molecular weight is 319 g/mol. The number of halogens is 2. The van der Waals surface area contributed by atoms with E-state index in [4.69, 9.17) is 5.11 Å². The number of nitrogens with one attached hydrogen (secondary N) is 1. The number of hydrogen-bond donors (Lipinski definition) is 2. The number of anilines is 1. The van der Waals surface area contributed by atoms with Crippen molar-refractivity contribution in [3.63, 3.8) is 0 Å². The van der Waals surface area contributed by atoms with Gasteiger partial charge in [0.05, 0.1) is 11.3 Å². The van der Waals surface area contributed by atoms with Crippen LogP contribution in [-0.4, -0.2) is 19.5 Å². The summed E-state index contributed by atoms with van der Waals surface area (Å²) in [4.78, 5) is 10.7. The highest BCUT2D eigenvalue weighted by Gasteiger charge is 2.19. The summed E-state index contributed by atoms with van der Waals surface area (Å²) in [5.74, 6) is -3.13. The molecule has 5 nitrogen and oxygen atoms in total. The summed E-state index contributed by atoms with van der Waals surface area (Å²) in [6, 6.07) is 3.19. The minimum atomic E-state index is -4.09. The van der Waals surface area contributed by atoms with E-state index in [2.05, 4.69) is 0 Å². The minimum absolute atomic E-state index is 0.180. The van der Waals surface area contributed by atoms with E-state index in [1.807, 2.05) is 4.72 Å². The third kappa shape index (κ3) is 3.11. The lowest BCUT2D eigenvalue weighted by Crippen LogP contribution is -2.12. The van der Waals surface area contributed by atoms with Gasteiger partial charge in [0.1, 0.15) is 15.8 Å². The molecule has 0 saturated carbocycles. The van der Waals surface area contributed by atoms with E-state index in [0.29, 0.717) is 17.4 Å². The Bertz CT molecular complexity index is 750. The zero-order valence-corrected chi connectivity index (χ0v) is 11.3. The summed E-state index contributed by atoms with van der Waals surface area (Å²) in [5, 5.41) is 9.87. The van der Waals surface area contributed by atoms with E-state index < -0.39 is 27.6 Å². The molecular formula is C11H7F2NO4S2. The van der Waals surface area contributed by atoms with Crippen LogP contribution < -0.4 is 4.72 Å². The van der Waals surface area contributed by atoms with E-state index >= 15 is 0 Å². The monoisotopic (exact) mass is 319 g/mol. The molecule has 0 bridgehead atoms. The quantitative estimate of drug-likeness (QED) is 0.907. The summed E-state index contributed by atoms with van der Waals surface area (Å²) in [7, 11) is -4.09. The van der Waals surface area contributed by atoms with E-state index in [0.717, 1.165) is 23.6 Å². The van der Waals surface area contributed by atoms with Gasteiger partial charge in [-0.25, -0.2) is 22.0 Å². The van der Waals surface area contributed by atoms with Gasteiger partial charge in [-0.1, -0.05) is 0 Å². The molecule has 0 amide bonds. The lowest BCUT2D eigenvalue weighted by atomic mass is 10.3. The lowest BCUT2D eigenvalue weighted by Gasteiger charge is -2.06. The maximum atomic E-state index is 13.0. The Hall–Kier alpha value is -2.00. The van der Waals surface area contributed by atoms with Crippen LogP contribution in [-0.2, 0) is 10.0 Å². The molecule has 1 heterocycles. The molecule has 106 valence electrons. The Labute approximate surface area is 116 Å². The number of thiophene rings is 1. The van der Waals surface area contributed by atoms with Crippen molar-refractivity contribution in [2.24, 2.45) is 0 Å². The fourth-order valence-corrected chi connectivity index (χ4v) is 3.58. The maximum absolute atomic E-state index is 13.0. The zero-order chi connectivity index (χ0) is 14.9. The molecule has 0 saturated heterocycles. The smallest absolute Gasteiger partial charge is 0.336 e. The van der Waals surface area contributed by atoms with E-state index in [1.54, 1.807) is 0 Å². The second-order valence-electron chi connectivity index (χ2n) is 3.72. The van der Waals surface area contributed by atoms with Crippen molar-refractivity contribution in [1.82, 2.24) is 0 Å². The molecule has 0 unspecified atom stereocenters. The van der Waals surface area contributed by atoms with Crippen molar-refractivity contribution in [2.45, 2.75) is 4.21 Å². The van der Waals surface area contributed by atoms with Crippen molar-refractivity contribution in [3.8, 4) is 0 Å². The van der Waals surface area contributed by atoms with Crippen LogP contribution in [0.1, 0.15) is 10.4 Å². The molecule has 0 aliphatic carbocycles. The second kappa shape index (κ2) is 5.17. The first-order valence-electron chi connectivity index (χ1n) is 5.09. The molecular weight excluding hydrogens is 312 g/mol. The van der Waals surface area contributed by atoms with Crippen molar-refractivity contribution in [1.29, 1.82) is 0 Å². The van der Waals surface area contributed by atoms with Gasteiger partial charge >= 0.3 is 5.97 Å². The number of aromatic carboxylic acids is 1. The van der Waals surface area contributed by atoms with Crippen molar-refractivity contribution < 1.29 is 27.1 Å². The highest BCUT2D eigenvalue weighted by Crippen LogP contribution is 2.24. The van der Waals surface area contributed by atoms with Gasteiger partial charge in [0.25, 0.3) is 10.0 Å². The van der Waals surface area contributed by atoms with E-state index in [-0.39, 0.29) is 15.5 Å². The summed E-state index contributed by atoms with van der Waals surface area (Å²) in [6.07, 6.45) is 0. The summed E-state index contributed by atoms with van der Waals surface area (Å²) in [5.41, 5.74) is -0.464. The first kappa shape index (κ1) is 14.4. The molecule has 0 fully saturated rings. The standard InChI is InChI=1S/C11H7F2NO4S2/c12-7-2-8(13)4-9(3-7)14-20(17,18)10-1-6(5-19-10)11(15)16/h1-5,14H,(H,15,16). The number of benzene rings is 1. The van der Waals surface area contributed by atoms with Crippen LogP contribution in [0.5, 0.6) is 0 Å². The van der Waals surface area contributed by atoms with Crippen molar-refractivity contribution in [3.05, 3.63) is 46.8 Å². The molecule has 9 heteroatoms. The summed E-state index contributed by atoms with van der Waals surface area (Å²) in [6.45, 7) is 0. The highest BCUT2D eigenvalue weighted by atomic mass is 32.2. The van der Waals surface area contributed by atoms with Gasteiger partial charge in [-0.15, -0.1) is 11.3 Å². The number of sulfonamides is 1. The second-order valence-corrected chi connectivity index (χ2v) is 6.54. The SMILES string of the molecule is O=C(O)c1csc(S(=O)(=O)Nc2cc(F)cc(F)c2)c1. The Morgan fingerprint density at radius 3 is 2.25 bits per heavy atom. The van der Waals surface area contributed by atoms with Gasteiger partial charge in [-0.05, 0) is 18.2 Å². The number of carbonyl (C=O) groups is 1. The number of carboxylic acid groups (broad SMARTS) is 1. The molecule has 0 aliphatic rings.